The van der Waals surface area contributed by atoms with Gasteiger partial charge in [0.05, 0.1) is 6.61 Å². The van der Waals surface area contributed by atoms with Gasteiger partial charge in [0.25, 0.3) is 0 Å². The number of anilines is 1. The average Bonchev–Trinajstić information content (AvgIpc) is 2.34. The molecule has 0 atom stereocenters. The van der Waals surface area contributed by atoms with Gasteiger partial charge in [0.2, 0.25) is 0 Å². The monoisotopic (exact) mass is 223 g/mol. The van der Waals surface area contributed by atoms with Crippen LogP contribution in [-0.4, -0.2) is 11.6 Å². The Morgan fingerprint density at radius 1 is 1.38 bits per heavy atom. The molecule has 0 fully saturated rings. The van der Waals surface area contributed by atoms with E-state index in [0.29, 0.717) is 12.4 Å². The van der Waals surface area contributed by atoms with Crippen molar-refractivity contribution in [3.63, 3.8) is 0 Å². The number of aromatic nitrogens is 1. The second-order valence-electron chi connectivity index (χ2n) is 3.77. The van der Waals surface area contributed by atoms with Crippen LogP contribution in [0.15, 0.2) is 18.3 Å². The molecule has 0 saturated carbocycles. The maximum Gasteiger partial charge on any atom is 0.145 e. The van der Waals surface area contributed by atoms with Gasteiger partial charge in [0, 0.05) is 18.4 Å². The summed E-state index contributed by atoms with van der Waals surface area (Å²) >= 11 is 0. The smallest absolute Gasteiger partial charge is 0.145 e. The van der Waals surface area contributed by atoms with Crippen molar-refractivity contribution in [2.24, 2.45) is 5.84 Å². The molecule has 0 bridgehead atoms. The van der Waals surface area contributed by atoms with Crippen LogP contribution in [0.5, 0.6) is 0 Å². The Kier molecular flexibility index (Phi) is 6.53. The van der Waals surface area contributed by atoms with Gasteiger partial charge in [-0.15, -0.1) is 0 Å². The third-order valence-electron chi connectivity index (χ3n) is 2.43. The second kappa shape index (κ2) is 8.07. The molecule has 1 aromatic rings. The van der Waals surface area contributed by atoms with E-state index in [0.717, 1.165) is 18.6 Å². The van der Waals surface area contributed by atoms with Gasteiger partial charge in [-0.2, -0.15) is 0 Å². The lowest BCUT2D eigenvalue weighted by Gasteiger charge is -2.08. The van der Waals surface area contributed by atoms with Gasteiger partial charge in [-0.05, 0) is 12.5 Å². The number of nitrogens with two attached hydrogens (primary N) is 1. The first-order chi connectivity index (χ1) is 7.88. The third-order valence-corrected chi connectivity index (χ3v) is 2.43. The molecule has 0 radical (unpaired) electrons. The van der Waals surface area contributed by atoms with E-state index in [1.165, 1.54) is 19.3 Å². The van der Waals surface area contributed by atoms with Crippen LogP contribution in [0.2, 0.25) is 0 Å². The number of pyridine rings is 1. The number of hydrogen-bond donors (Lipinski definition) is 2. The maximum absolute atomic E-state index is 5.57. The predicted molar refractivity (Wildman–Crippen MR) is 65.8 cm³/mol. The van der Waals surface area contributed by atoms with E-state index in [-0.39, 0.29) is 0 Å². The van der Waals surface area contributed by atoms with Crippen LogP contribution in [0.4, 0.5) is 5.82 Å². The van der Waals surface area contributed by atoms with Gasteiger partial charge in [-0.1, -0.05) is 32.3 Å². The first kappa shape index (κ1) is 12.9. The molecule has 0 spiro atoms. The Hall–Kier alpha value is -1.13. The maximum atomic E-state index is 5.57. The van der Waals surface area contributed by atoms with E-state index in [2.05, 4.69) is 17.3 Å². The molecule has 0 aliphatic carbocycles. The molecule has 1 rings (SSSR count). The molecular weight excluding hydrogens is 202 g/mol. The molecule has 0 saturated heterocycles. The van der Waals surface area contributed by atoms with Crippen molar-refractivity contribution < 1.29 is 4.74 Å². The van der Waals surface area contributed by atoms with Crippen LogP contribution in [0.3, 0.4) is 0 Å². The molecule has 16 heavy (non-hydrogen) atoms. The molecule has 3 N–H and O–H groups in total. The van der Waals surface area contributed by atoms with Crippen molar-refractivity contribution >= 4 is 5.82 Å². The van der Waals surface area contributed by atoms with Crippen molar-refractivity contribution in [2.45, 2.75) is 39.2 Å². The van der Waals surface area contributed by atoms with E-state index in [1.807, 2.05) is 12.1 Å². The highest BCUT2D eigenvalue weighted by Crippen LogP contribution is 2.11. The highest BCUT2D eigenvalue weighted by atomic mass is 16.5. The largest absolute Gasteiger partial charge is 0.377 e. The van der Waals surface area contributed by atoms with Crippen LogP contribution in [-0.2, 0) is 11.3 Å². The Morgan fingerprint density at radius 2 is 2.25 bits per heavy atom. The summed E-state index contributed by atoms with van der Waals surface area (Å²) in [7, 11) is 0. The summed E-state index contributed by atoms with van der Waals surface area (Å²) in [4.78, 5) is 4.11. The van der Waals surface area contributed by atoms with E-state index < -0.39 is 0 Å². The molecule has 0 unspecified atom stereocenters. The number of ether oxygens (including phenoxy) is 1. The van der Waals surface area contributed by atoms with Gasteiger partial charge < -0.3 is 10.2 Å². The molecule has 4 heteroatoms. The summed E-state index contributed by atoms with van der Waals surface area (Å²) in [6.07, 6.45) is 6.61. The molecule has 90 valence electrons. The lowest BCUT2D eigenvalue weighted by atomic mass is 10.2. The van der Waals surface area contributed by atoms with E-state index in [9.17, 15) is 0 Å². The van der Waals surface area contributed by atoms with Crippen molar-refractivity contribution in [2.75, 3.05) is 12.0 Å². The fraction of sp³-hybridized carbons (Fsp3) is 0.583. The molecule has 1 heterocycles. The van der Waals surface area contributed by atoms with Crippen LogP contribution in [0.25, 0.3) is 0 Å². The summed E-state index contributed by atoms with van der Waals surface area (Å²) in [6.45, 7) is 3.58. The first-order valence-electron chi connectivity index (χ1n) is 5.86. The SMILES string of the molecule is CCCCCCOCc1cccnc1NN. The highest BCUT2D eigenvalue weighted by Gasteiger charge is 2.00. The number of nitrogens with zero attached hydrogens (tertiary/aromatic N) is 1. The van der Waals surface area contributed by atoms with E-state index >= 15 is 0 Å². The minimum atomic E-state index is 0.569. The van der Waals surface area contributed by atoms with Gasteiger partial charge in [-0.25, -0.2) is 10.8 Å². The molecule has 0 aromatic carbocycles. The number of nitrogens with one attached hydrogen (secondary N) is 1. The summed E-state index contributed by atoms with van der Waals surface area (Å²) in [6, 6.07) is 3.85. The van der Waals surface area contributed by atoms with Crippen molar-refractivity contribution in [3.8, 4) is 0 Å². The average molecular weight is 223 g/mol. The quantitative estimate of drug-likeness (QED) is 0.404. The Bertz CT molecular complexity index is 291. The second-order valence-corrected chi connectivity index (χ2v) is 3.77. The van der Waals surface area contributed by atoms with Crippen molar-refractivity contribution in [1.29, 1.82) is 0 Å². The fourth-order valence-corrected chi connectivity index (χ4v) is 1.50. The standard InChI is InChI=1S/C12H21N3O/c1-2-3-4-5-9-16-10-11-7-6-8-14-12(11)15-13/h6-8H,2-5,9-10,13H2,1H3,(H,14,15). The zero-order valence-electron chi connectivity index (χ0n) is 9.91. The lowest BCUT2D eigenvalue weighted by Crippen LogP contribution is -2.11. The summed E-state index contributed by atoms with van der Waals surface area (Å²) < 4.78 is 5.57. The highest BCUT2D eigenvalue weighted by molar-refractivity contribution is 5.41. The third kappa shape index (κ3) is 4.59. The normalized spacial score (nSPS) is 10.4. The van der Waals surface area contributed by atoms with Crippen molar-refractivity contribution in [3.05, 3.63) is 23.9 Å². The number of hydrogen-bond acceptors (Lipinski definition) is 4. The van der Waals surface area contributed by atoms with Gasteiger partial charge in [0.1, 0.15) is 5.82 Å². The zero-order valence-corrected chi connectivity index (χ0v) is 9.91. The van der Waals surface area contributed by atoms with Gasteiger partial charge in [-0.3, -0.25) is 0 Å². The zero-order chi connectivity index (χ0) is 11.6. The van der Waals surface area contributed by atoms with Crippen LogP contribution < -0.4 is 11.3 Å². The summed E-state index contributed by atoms with van der Waals surface area (Å²) in [5.74, 6) is 6.04. The Morgan fingerprint density at radius 3 is 3.00 bits per heavy atom. The molecule has 0 aliphatic rings. The molecule has 0 aliphatic heterocycles. The molecule has 0 amide bonds. The van der Waals surface area contributed by atoms with Crippen LogP contribution in [0.1, 0.15) is 38.2 Å². The van der Waals surface area contributed by atoms with Crippen LogP contribution in [0, 0.1) is 0 Å². The fourth-order valence-electron chi connectivity index (χ4n) is 1.50. The van der Waals surface area contributed by atoms with Gasteiger partial charge in [0.15, 0.2) is 0 Å². The molecule has 1 aromatic heterocycles. The number of unbranched alkanes of at least 4 members (excludes halogenated alkanes) is 3. The summed E-state index contributed by atoms with van der Waals surface area (Å²) in [5.41, 5.74) is 3.57. The minimum Gasteiger partial charge on any atom is -0.377 e. The van der Waals surface area contributed by atoms with Crippen molar-refractivity contribution in [1.82, 2.24) is 4.98 Å². The minimum absolute atomic E-state index is 0.569. The van der Waals surface area contributed by atoms with E-state index in [1.54, 1.807) is 6.20 Å². The first-order valence-corrected chi connectivity index (χ1v) is 5.86. The molecule has 4 nitrogen and oxygen atoms in total. The summed E-state index contributed by atoms with van der Waals surface area (Å²) in [5, 5.41) is 0. The Labute approximate surface area is 97.2 Å². The Balaban J connectivity index is 2.21. The molecular formula is C12H21N3O. The lowest BCUT2D eigenvalue weighted by molar-refractivity contribution is 0.117. The topological polar surface area (TPSA) is 60.2 Å². The van der Waals surface area contributed by atoms with Gasteiger partial charge >= 0.3 is 0 Å². The number of nitrogen functional groups attached to an aromatic ring is 1. The van der Waals surface area contributed by atoms with Crippen LogP contribution >= 0.6 is 0 Å². The number of rotatable bonds is 8. The van der Waals surface area contributed by atoms with E-state index in [4.69, 9.17) is 10.6 Å². The number of hydrazine groups is 1. The predicted octanol–water partition coefficient (Wildman–Crippen LogP) is 2.46.